The average Bonchev–Trinajstić information content (AvgIpc) is 2.11. The smallest absolute Gasteiger partial charge is 0.343 e. The Morgan fingerprint density at radius 2 is 1.31 bits per heavy atom. The van der Waals surface area contributed by atoms with E-state index in [1.807, 2.05) is 0 Å². The minimum absolute atomic E-state index is 0. The van der Waals surface area contributed by atoms with E-state index in [1.165, 1.54) is 0 Å². The minimum atomic E-state index is -0.999. The lowest BCUT2D eigenvalue weighted by molar-refractivity contribution is -0.159. The Bertz CT molecular complexity index is 267. The zero-order valence-electron chi connectivity index (χ0n) is 7.90. The van der Waals surface area contributed by atoms with Crippen LogP contribution in [0.2, 0.25) is 0 Å². The molecule has 11 heteroatoms. The lowest BCUT2D eigenvalue weighted by Crippen LogP contribution is -2.35. The molecule has 0 spiro atoms. The summed E-state index contributed by atoms with van der Waals surface area (Å²) in [7, 11) is 0. The number of hydrogen-bond donors (Lipinski definition) is 6. The number of halogens is 1. The summed E-state index contributed by atoms with van der Waals surface area (Å²) < 4.78 is 0. The summed E-state index contributed by atoms with van der Waals surface area (Å²) >= 11 is 0. The van der Waals surface area contributed by atoms with E-state index in [2.05, 4.69) is 9.68 Å². The average molecular weight is 255 g/mol. The molecule has 0 unspecified atom stereocenters. The molecule has 10 nitrogen and oxygen atoms in total. The van der Waals surface area contributed by atoms with Crippen LogP contribution in [0.25, 0.3) is 0 Å². The summed E-state index contributed by atoms with van der Waals surface area (Å²) in [6.07, 6.45) is -0.722. The Morgan fingerprint density at radius 3 is 1.56 bits per heavy atom. The molecule has 16 heavy (non-hydrogen) atoms. The molecule has 0 fully saturated rings. The Hall–Kier alpha value is -2.23. The van der Waals surface area contributed by atoms with Crippen molar-refractivity contribution in [2.75, 3.05) is 0 Å². The van der Waals surface area contributed by atoms with Crippen LogP contribution in [0.3, 0.4) is 0 Å². The van der Waals surface area contributed by atoms with Crippen LogP contribution in [-0.4, -0.2) is 23.9 Å². The van der Waals surface area contributed by atoms with Gasteiger partial charge >= 0.3 is 11.9 Å². The number of guanidine groups is 2. The van der Waals surface area contributed by atoms with E-state index in [-0.39, 0.29) is 12.4 Å². The van der Waals surface area contributed by atoms with Crippen LogP contribution in [0, 0.1) is 10.8 Å². The third-order valence-corrected chi connectivity index (χ3v) is 0.838. The van der Waals surface area contributed by atoms with Crippen molar-refractivity contribution in [3.8, 4) is 0 Å². The van der Waals surface area contributed by atoms with Gasteiger partial charge in [-0.3, -0.25) is 10.8 Å². The molecule has 0 aliphatic carbocycles. The maximum absolute atomic E-state index is 10.8. The van der Waals surface area contributed by atoms with E-state index in [1.54, 1.807) is 11.0 Å². The fourth-order valence-corrected chi connectivity index (χ4v) is 0.414. The molecule has 0 saturated carbocycles. The zero-order valence-corrected chi connectivity index (χ0v) is 8.72. The minimum Gasteiger partial charge on any atom is -0.368 e. The summed E-state index contributed by atoms with van der Waals surface area (Å²) in [6, 6.07) is 0. The number of carbonyl (C=O) groups excluding carboxylic acids is 2. The van der Waals surface area contributed by atoms with Crippen LogP contribution in [-0.2, 0) is 19.3 Å². The van der Waals surface area contributed by atoms with Gasteiger partial charge in [-0.25, -0.2) is 9.59 Å². The first-order valence-corrected chi connectivity index (χ1v) is 3.51. The Kier molecular flexibility index (Phi) is 8.22. The highest BCUT2D eigenvalue weighted by atomic mass is 35.5. The monoisotopic (exact) mass is 254 g/mol. The third-order valence-electron chi connectivity index (χ3n) is 0.838. The summed E-state index contributed by atoms with van der Waals surface area (Å²) in [5.41, 5.74) is 13.0. The Balaban J connectivity index is 0. The molecule has 0 aromatic carbocycles. The van der Waals surface area contributed by atoms with E-state index >= 15 is 0 Å². The van der Waals surface area contributed by atoms with Gasteiger partial charge in [-0.15, -0.1) is 12.4 Å². The largest absolute Gasteiger partial charge is 0.368 e. The lowest BCUT2D eigenvalue weighted by Gasteiger charge is -2.05. The van der Waals surface area contributed by atoms with Crippen LogP contribution in [0.4, 0.5) is 0 Å². The predicted molar refractivity (Wildman–Crippen MR) is 54.1 cm³/mol. The van der Waals surface area contributed by atoms with E-state index in [0.29, 0.717) is 0 Å². The molecule has 0 radical (unpaired) electrons. The second-order valence-corrected chi connectivity index (χ2v) is 2.16. The van der Waals surface area contributed by atoms with Gasteiger partial charge in [-0.05, 0) is 0 Å². The maximum atomic E-state index is 10.8. The lowest BCUT2D eigenvalue weighted by atomic mass is 10.4. The molecule has 0 atom stereocenters. The quantitative estimate of drug-likeness (QED) is 0.138. The van der Waals surface area contributed by atoms with Gasteiger partial charge in [0.1, 0.15) is 6.42 Å². The fourth-order valence-electron chi connectivity index (χ4n) is 0.414. The second kappa shape index (κ2) is 8.11. The Labute approximate surface area is 96.0 Å². The summed E-state index contributed by atoms with van der Waals surface area (Å²) in [4.78, 5) is 29.8. The number of hydroxylamine groups is 2. The second-order valence-electron chi connectivity index (χ2n) is 2.16. The molecule has 0 aromatic heterocycles. The van der Waals surface area contributed by atoms with Crippen molar-refractivity contribution >= 4 is 36.3 Å². The molecule has 92 valence electrons. The van der Waals surface area contributed by atoms with Crippen molar-refractivity contribution < 1.29 is 19.3 Å². The van der Waals surface area contributed by atoms with Crippen molar-refractivity contribution in [1.82, 2.24) is 11.0 Å². The molecule has 0 rings (SSSR count). The van der Waals surface area contributed by atoms with E-state index < -0.39 is 30.3 Å². The van der Waals surface area contributed by atoms with Crippen molar-refractivity contribution in [2.45, 2.75) is 6.42 Å². The van der Waals surface area contributed by atoms with Crippen molar-refractivity contribution in [2.24, 2.45) is 11.5 Å². The number of hydrogen-bond acceptors (Lipinski definition) is 6. The van der Waals surface area contributed by atoms with Crippen LogP contribution in [0.15, 0.2) is 0 Å². The first-order valence-electron chi connectivity index (χ1n) is 3.51. The summed E-state index contributed by atoms with van der Waals surface area (Å²) in [5, 5.41) is 13.2. The van der Waals surface area contributed by atoms with Gasteiger partial charge in [-0.1, -0.05) is 0 Å². The van der Waals surface area contributed by atoms with Crippen molar-refractivity contribution in [1.29, 1.82) is 10.8 Å². The molecule has 0 heterocycles. The van der Waals surface area contributed by atoms with E-state index in [0.717, 1.165) is 0 Å². The van der Waals surface area contributed by atoms with Crippen molar-refractivity contribution in [3.63, 3.8) is 0 Å². The van der Waals surface area contributed by atoms with Crippen LogP contribution >= 0.6 is 12.4 Å². The highest BCUT2D eigenvalue weighted by Gasteiger charge is 2.13. The standard InChI is InChI=1S/C5H10N6O4.ClH/c6-4(7)10-14-2(12)1-3(13)15-11-5(8)9;/h1H2,(H4,6,7,10)(H4,8,9,11);1H. The number of carbonyl (C=O) groups is 2. The molecule has 8 N–H and O–H groups in total. The topological polar surface area (TPSA) is 176 Å². The van der Waals surface area contributed by atoms with E-state index in [9.17, 15) is 9.59 Å². The van der Waals surface area contributed by atoms with Gasteiger partial charge in [0.05, 0.1) is 0 Å². The molecule has 0 aliphatic heterocycles. The number of rotatable bonds is 2. The first kappa shape index (κ1) is 16.2. The van der Waals surface area contributed by atoms with Crippen LogP contribution in [0.5, 0.6) is 0 Å². The third kappa shape index (κ3) is 9.85. The van der Waals surface area contributed by atoms with Gasteiger partial charge in [-0.2, -0.15) is 11.0 Å². The van der Waals surface area contributed by atoms with Gasteiger partial charge in [0, 0.05) is 0 Å². The highest BCUT2D eigenvalue weighted by molar-refractivity contribution is 5.92. The number of nitrogens with two attached hydrogens (primary N) is 2. The molecular weight excluding hydrogens is 244 g/mol. The molecule has 0 aliphatic rings. The molecule has 0 aromatic rings. The molecule has 0 saturated heterocycles. The van der Waals surface area contributed by atoms with Gasteiger partial charge < -0.3 is 21.1 Å². The SMILES string of the molecule is Cl.N=C(N)NOC(=O)CC(=O)ONC(=N)N. The zero-order chi connectivity index (χ0) is 11.8. The van der Waals surface area contributed by atoms with Gasteiger partial charge in [0.2, 0.25) is 11.9 Å². The normalized spacial score (nSPS) is 8.00. The Morgan fingerprint density at radius 1 is 1.00 bits per heavy atom. The molecule has 0 amide bonds. The maximum Gasteiger partial charge on any atom is 0.343 e. The fraction of sp³-hybridized carbons (Fsp3) is 0.200. The summed E-state index contributed by atoms with van der Waals surface area (Å²) in [5.74, 6) is -3.17. The van der Waals surface area contributed by atoms with Gasteiger partial charge in [0.15, 0.2) is 0 Å². The number of nitrogens with one attached hydrogen (secondary N) is 4. The highest BCUT2D eigenvalue weighted by Crippen LogP contribution is 1.86. The van der Waals surface area contributed by atoms with Crippen LogP contribution < -0.4 is 22.4 Å². The van der Waals surface area contributed by atoms with E-state index in [4.69, 9.17) is 22.3 Å². The first-order chi connectivity index (χ1) is 6.91. The predicted octanol–water partition coefficient (Wildman–Crippen LogP) is -2.32. The molecular formula is C5H11ClN6O4. The summed E-state index contributed by atoms with van der Waals surface area (Å²) in [6.45, 7) is 0. The van der Waals surface area contributed by atoms with Crippen molar-refractivity contribution in [3.05, 3.63) is 0 Å². The molecule has 0 bridgehead atoms. The van der Waals surface area contributed by atoms with Gasteiger partial charge in [0.25, 0.3) is 0 Å². The van der Waals surface area contributed by atoms with Crippen LogP contribution in [0.1, 0.15) is 6.42 Å².